The van der Waals surface area contributed by atoms with Gasteiger partial charge in [-0.15, -0.1) is 0 Å². The zero-order valence-corrected chi connectivity index (χ0v) is 11.0. The second-order valence-electron chi connectivity index (χ2n) is 3.71. The molecule has 0 saturated heterocycles. The maximum atomic E-state index is 11.7. The van der Waals surface area contributed by atoms with Crippen molar-refractivity contribution in [3.8, 4) is 0 Å². The predicted molar refractivity (Wildman–Crippen MR) is 71.0 cm³/mol. The van der Waals surface area contributed by atoms with E-state index in [1.807, 2.05) is 0 Å². The van der Waals surface area contributed by atoms with Crippen molar-refractivity contribution >= 4 is 23.7 Å². The molecular weight excluding hydrogens is 270 g/mol. The lowest BCUT2D eigenvalue weighted by Crippen LogP contribution is -2.35. The number of carboxylic acids is 1. The maximum Gasteiger partial charge on any atom is 0.410 e. The molecule has 1 aromatic carbocycles. The Labute approximate surface area is 116 Å². The molecule has 1 amide bonds. The summed E-state index contributed by atoms with van der Waals surface area (Å²) in [5, 5.41) is 9.27. The highest BCUT2D eigenvalue weighted by Crippen LogP contribution is 2.17. The van der Waals surface area contributed by atoms with Crippen molar-refractivity contribution in [3.63, 3.8) is 0 Å². The van der Waals surface area contributed by atoms with Crippen LogP contribution in [0.1, 0.15) is 5.56 Å². The number of ether oxygens (including phenoxy) is 1. The molecule has 0 unspecified atom stereocenters. The average molecular weight is 284 g/mol. The van der Waals surface area contributed by atoms with E-state index in [1.54, 1.807) is 24.3 Å². The lowest BCUT2D eigenvalue weighted by atomic mass is 10.2. The number of carboxylic acid groups (broad SMARTS) is 1. The highest BCUT2D eigenvalue weighted by molar-refractivity contribution is 6.31. The number of benzene rings is 1. The SMILES string of the molecule is C=CCOC(=O)N(CC(=O)O)Cc1ccccc1Cl. The van der Waals surface area contributed by atoms with Crippen molar-refractivity contribution in [2.45, 2.75) is 6.54 Å². The Morgan fingerprint density at radius 2 is 2.11 bits per heavy atom. The largest absolute Gasteiger partial charge is 0.480 e. The lowest BCUT2D eigenvalue weighted by Gasteiger charge is -2.20. The highest BCUT2D eigenvalue weighted by atomic mass is 35.5. The predicted octanol–water partition coefficient (Wildman–Crippen LogP) is 2.55. The van der Waals surface area contributed by atoms with E-state index in [-0.39, 0.29) is 13.2 Å². The molecule has 0 aliphatic heterocycles. The fourth-order valence-electron chi connectivity index (χ4n) is 1.40. The summed E-state index contributed by atoms with van der Waals surface area (Å²) in [6.45, 7) is 3.06. The smallest absolute Gasteiger partial charge is 0.410 e. The van der Waals surface area contributed by atoms with E-state index in [4.69, 9.17) is 21.4 Å². The van der Waals surface area contributed by atoms with Crippen molar-refractivity contribution in [1.82, 2.24) is 4.90 Å². The Morgan fingerprint density at radius 3 is 2.68 bits per heavy atom. The summed E-state index contributed by atoms with van der Waals surface area (Å²) in [5.74, 6) is -1.12. The monoisotopic (exact) mass is 283 g/mol. The van der Waals surface area contributed by atoms with Crippen LogP contribution in [0.2, 0.25) is 5.02 Å². The summed E-state index contributed by atoms with van der Waals surface area (Å²) in [5.41, 5.74) is 0.654. The topological polar surface area (TPSA) is 66.8 Å². The molecule has 1 aromatic rings. The molecule has 0 spiro atoms. The number of aliphatic carboxylic acids is 1. The third-order valence-corrected chi connectivity index (χ3v) is 2.60. The molecule has 5 nitrogen and oxygen atoms in total. The van der Waals surface area contributed by atoms with E-state index in [2.05, 4.69) is 6.58 Å². The minimum Gasteiger partial charge on any atom is -0.480 e. The first-order valence-corrected chi connectivity index (χ1v) is 5.90. The van der Waals surface area contributed by atoms with E-state index in [0.29, 0.717) is 10.6 Å². The van der Waals surface area contributed by atoms with E-state index in [1.165, 1.54) is 6.08 Å². The van der Waals surface area contributed by atoms with E-state index < -0.39 is 18.6 Å². The number of hydrogen-bond donors (Lipinski definition) is 1. The molecule has 102 valence electrons. The zero-order valence-electron chi connectivity index (χ0n) is 10.2. The fourth-order valence-corrected chi connectivity index (χ4v) is 1.60. The molecule has 0 saturated carbocycles. The van der Waals surface area contributed by atoms with Crippen LogP contribution in [0.5, 0.6) is 0 Å². The minimum atomic E-state index is -1.12. The molecule has 0 heterocycles. The number of halogens is 1. The van der Waals surface area contributed by atoms with Gasteiger partial charge in [0.25, 0.3) is 0 Å². The summed E-state index contributed by atoms with van der Waals surface area (Å²) in [7, 11) is 0. The van der Waals surface area contributed by atoms with Gasteiger partial charge in [-0.05, 0) is 11.6 Å². The fraction of sp³-hybridized carbons (Fsp3) is 0.231. The summed E-state index contributed by atoms with van der Waals surface area (Å²) in [4.78, 5) is 23.5. The van der Waals surface area contributed by atoms with Crippen LogP contribution in [0.25, 0.3) is 0 Å². The minimum absolute atomic E-state index is 0.0253. The quantitative estimate of drug-likeness (QED) is 0.815. The Kier molecular flexibility index (Phi) is 5.89. The van der Waals surface area contributed by atoms with Crippen molar-refractivity contribution in [2.75, 3.05) is 13.2 Å². The Bertz CT molecular complexity index is 475. The molecule has 0 bridgehead atoms. The lowest BCUT2D eigenvalue weighted by molar-refractivity contribution is -0.138. The summed E-state index contributed by atoms with van der Waals surface area (Å²) in [6, 6.07) is 6.90. The van der Waals surface area contributed by atoms with Crippen LogP contribution in [-0.4, -0.2) is 35.2 Å². The van der Waals surface area contributed by atoms with Crippen molar-refractivity contribution in [1.29, 1.82) is 0 Å². The second-order valence-corrected chi connectivity index (χ2v) is 4.11. The summed E-state index contributed by atoms with van der Waals surface area (Å²) < 4.78 is 4.83. The van der Waals surface area contributed by atoms with Crippen molar-refractivity contribution in [3.05, 3.63) is 47.5 Å². The van der Waals surface area contributed by atoms with Gasteiger partial charge in [0.1, 0.15) is 13.2 Å². The van der Waals surface area contributed by atoms with Gasteiger partial charge < -0.3 is 9.84 Å². The van der Waals surface area contributed by atoms with E-state index in [0.717, 1.165) is 4.90 Å². The number of nitrogens with zero attached hydrogens (tertiary/aromatic N) is 1. The number of amides is 1. The van der Waals surface area contributed by atoms with Gasteiger partial charge >= 0.3 is 12.1 Å². The molecule has 6 heteroatoms. The molecular formula is C13H14ClNO4. The van der Waals surface area contributed by atoms with Gasteiger partial charge in [0.15, 0.2) is 0 Å². The maximum absolute atomic E-state index is 11.7. The third kappa shape index (κ3) is 5.01. The van der Waals surface area contributed by atoms with Gasteiger partial charge in [-0.2, -0.15) is 0 Å². The third-order valence-electron chi connectivity index (χ3n) is 2.23. The number of hydrogen-bond acceptors (Lipinski definition) is 3. The molecule has 19 heavy (non-hydrogen) atoms. The molecule has 0 aromatic heterocycles. The van der Waals surface area contributed by atoms with Crippen LogP contribution in [0.3, 0.4) is 0 Å². The van der Waals surface area contributed by atoms with Gasteiger partial charge in [-0.1, -0.05) is 42.5 Å². The molecule has 0 atom stereocenters. The van der Waals surface area contributed by atoms with Crippen LogP contribution in [-0.2, 0) is 16.1 Å². The normalized spacial score (nSPS) is 9.74. The molecule has 0 aliphatic rings. The zero-order chi connectivity index (χ0) is 14.3. The Hall–Kier alpha value is -2.01. The Morgan fingerprint density at radius 1 is 1.42 bits per heavy atom. The second kappa shape index (κ2) is 7.43. The first kappa shape index (κ1) is 15.0. The number of carbonyl (C=O) groups excluding carboxylic acids is 1. The van der Waals surface area contributed by atoms with Crippen LogP contribution in [0.4, 0.5) is 4.79 Å². The van der Waals surface area contributed by atoms with Gasteiger partial charge in [-0.3, -0.25) is 9.69 Å². The average Bonchev–Trinajstić information content (AvgIpc) is 2.37. The molecule has 0 aliphatic carbocycles. The van der Waals surface area contributed by atoms with Gasteiger partial charge in [0.2, 0.25) is 0 Å². The van der Waals surface area contributed by atoms with Crippen LogP contribution >= 0.6 is 11.6 Å². The standard InChI is InChI=1S/C13H14ClNO4/c1-2-7-19-13(18)15(9-12(16)17)8-10-5-3-4-6-11(10)14/h2-6H,1,7-9H2,(H,16,17). The number of rotatable bonds is 6. The number of carbonyl (C=O) groups is 2. The highest BCUT2D eigenvalue weighted by Gasteiger charge is 2.19. The van der Waals surface area contributed by atoms with Gasteiger partial charge in [0.05, 0.1) is 6.54 Å². The van der Waals surface area contributed by atoms with Gasteiger partial charge in [0, 0.05) is 5.02 Å². The molecule has 1 N–H and O–H groups in total. The van der Waals surface area contributed by atoms with E-state index in [9.17, 15) is 9.59 Å². The molecule has 0 radical (unpaired) electrons. The first-order chi connectivity index (χ1) is 9.04. The van der Waals surface area contributed by atoms with Crippen LogP contribution in [0.15, 0.2) is 36.9 Å². The Balaban J connectivity index is 2.79. The summed E-state index contributed by atoms with van der Waals surface area (Å²) in [6.07, 6.45) is 0.689. The van der Waals surface area contributed by atoms with Crippen molar-refractivity contribution < 1.29 is 19.4 Å². The van der Waals surface area contributed by atoms with Crippen molar-refractivity contribution in [2.24, 2.45) is 0 Å². The molecule has 0 fully saturated rings. The summed E-state index contributed by atoms with van der Waals surface area (Å²) >= 11 is 5.97. The molecule has 1 rings (SSSR count). The van der Waals surface area contributed by atoms with E-state index >= 15 is 0 Å². The van der Waals surface area contributed by atoms with Crippen LogP contribution in [0, 0.1) is 0 Å². The van der Waals surface area contributed by atoms with Gasteiger partial charge in [-0.25, -0.2) is 4.79 Å². The van der Waals surface area contributed by atoms with Crippen LogP contribution < -0.4 is 0 Å². The first-order valence-electron chi connectivity index (χ1n) is 5.52.